The fourth-order valence-corrected chi connectivity index (χ4v) is 0. The topological polar surface area (TPSA) is 35.0 Å². The average molecular weight is 95.6 g/mol. The van der Waals surface area contributed by atoms with Gasteiger partial charge in [-0.2, -0.15) is 0 Å². The summed E-state index contributed by atoms with van der Waals surface area (Å²) in [5.74, 6) is 0. The molecule has 0 aromatic heterocycles. The smallest absolute Gasteiger partial charge is 0.0533 e. The van der Waals surface area contributed by atoms with E-state index >= 15 is 0 Å². The Kier molecular flexibility index (Phi) is 7.63. The molecule has 0 bridgehead atoms. The zero-order valence-corrected chi connectivity index (χ0v) is 4.05. The summed E-state index contributed by atoms with van der Waals surface area (Å²) in [5.41, 5.74) is 0. The van der Waals surface area contributed by atoms with E-state index in [0.29, 0.717) is 0 Å². The normalized spacial score (nSPS) is 14.4. The van der Waals surface area contributed by atoms with Gasteiger partial charge >= 0.3 is 0 Å². The van der Waals surface area contributed by atoms with Crippen LogP contribution < -0.4 is 6.15 Å². The molecule has 1 aliphatic carbocycles. The van der Waals surface area contributed by atoms with Crippen LogP contribution in [0.15, 0.2) is 0 Å². The molecule has 0 amide bonds. The standard InChI is InChI=1S/C3H6.ClH.H3N/c1-2-3-1;;/h1-3H2;1H;1H3. The first-order chi connectivity index (χ1) is 1.50. The molecule has 0 unspecified atom stereocenters. The summed E-state index contributed by atoms with van der Waals surface area (Å²) in [6, 6.07) is 0. The van der Waals surface area contributed by atoms with Gasteiger partial charge in [-0.15, -0.1) is 12.4 Å². The largest absolute Gasteiger partial charge is 0.344 e. The third-order valence-electron chi connectivity index (χ3n) is 0.354. The minimum atomic E-state index is 0. The van der Waals surface area contributed by atoms with Crippen molar-refractivity contribution in [2.45, 2.75) is 19.3 Å². The second-order valence-electron chi connectivity index (χ2n) is 1.06. The Balaban J connectivity index is 0. The first-order valence-electron chi connectivity index (χ1n) is 1.50. The molecule has 2 heteroatoms. The molecule has 0 aliphatic heterocycles. The third kappa shape index (κ3) is 13.8. The molecule has 0 heterocycles. The molecule has 1 fully saturated rings. The SMILES string of the molecule is C1CC1.Cl.N. The molecule has 1 nitrogen and oxygen atoms in total. The van der Waals surface area contributed by atoms with E-state index in [1.807, 2.05) is 0 Å². The van der Waals surface area contributed by atoms with Gasteiger partial charge < -0.3 is 6.15 Å². The predicted octanol–water partition coefficient (Wildman–Crippen LogP) is 1.75. The Hall–Kier alpha value is 0.250. The summed E-state index contributed by atoms with van der Waals surface area (Å²) in [4.78, 5) is 0. The molecule has 0 spiro atoms. The van der Waals surface area contributed by atoms with Gasteiger partial charge in [-0.1, -0.05) is 19.3 Å². The molecular formula is C3H10ClN. The van der Waals surface area contributed by atoms with Crippen molar-refractivity contribution < 1.29 is 0 Å². The van der Waals surface area contributed by atoms with E-state index in [-0.39, 0.29) is 18.6 Å². The van der Waals surface area contributed by atoms with Crippen molar-refractivity contribution in [1.82, 2.24) is 6.15 Å². The van der Waals surface area contributed by atoms with Gasteiger partial charge in [0.25, 0.3) is 0 Å². The van der Waals surface area contributed by atoms with Gasteiger partial charge in [-0.3, -0.25) is 0 Å². The molecule has 1 aliphatic rings. The van der Waals surface area contributed by atoms with E-state index in [9.17, 15) is 0 Å². The van der Waals surface area contributed by atoms with Crippen molar-refractivity contribution in [3.63, 3.8) is 0 Å². The van der Waals surface area contributed by atoms with Gasteiger partial charge in [0.05, 0.1) is 0 Å². The third-order valence-corrected chi connectivity index (χ3v) is 0.354. The van der Waals surface area contributed by atoms with E-state index in [0.717, 1.165) is 0 Å². The molecule has 5 heavy (non-hydrogen) atoms. The van der Waals surface area contributed by atoms with Gasteiger partial charge in [0.15, 0.2) is 0 Å². The maximum atomic E-state index is 1.50. The fourth-order valence-electron chi connectivity index (χ4n) is 0. The Morgan fingerprint density at radius 2 is 1.00 bits per heavy atom. The molecule has 1 rings (SSSR count). The lowest BCUT2D eigenvalue weighted by atomic mass is 11.0. The second-order valence-corrected chi connectivity index (χ2v) is 1.06. The lowest BCUT2D eigenvalue weighted by Gasteiger charge is -1.05. The molecule has 3 N–H and O–H groups in total. The fraction of sp³-hybridized carbons (Fsp3) is 1.00. The predicted molar refractivity (Wildman–Crippen MR) is 26.1 cm³/mol. The van der Waals surface area contributed by atoms with E-state index in [2.05, 4.69) is 0 Å². The van der Waals surface area contributed by atoms with E-state index < -0.39 is 0 Å². The zero-order chi connectivity index (χ0) is 2.12. The summed E-state index contributed by atoms with van der Waals surface area (Å²) in [5, 5.41) is 0. The molecule has 0 aromatic carbocycles. The minimum absolute atomic E-state index is 0. The lowest BCUT2D eigenvalue weighted by molar-refractivity contribution is 1.50. The van der Waals surface area contributed by atoms with Gasteiger partial charge in [0, 0.05) is 0 Å². The number of rotatable bonds is 0. The van der Waals surface area contributed by atoms with Crippen LogP contribution in [0.3, 0.4) is 0 Å². The molecule has 0 atom stereocenters. The summed E-state index contributed by atoms with van der Waals surface area (Å²) in [6.07, 6.45) is 4.50. The van der Waals surface area contributed by atoms with E-state index in [1.54, 1.807) is 0 Å². The molecular weight excluding hydrogens is 85.5 g/mol. The van der Waals surface area contributed by atoms with E-state index in [1.165, 1.54) is 19.3 Å². The Labute approximate surface area is 38.8 Å². The quantitative estimate of drug-likeness (QED) is 0.489. The highest BCUT2D eigenvalue weighted by Gasteiger charge is 1.95. The highest BCUT2D eigenvalue weighted by Crippen LogP contribution is 2.14. The zero-order valence-electron chi connectivity index (χ0n) is 3.24. The summed E-state index contributed by atoms with van der Waals surface area (Å²) in [6.45, 7) is 0. The first kappa shape index (κ1) is 8.98. The monoisotopic (exact) mass is 95.1 g/mol. The molecule has 0 saturated heterocycles. The molecule has 1 saturated carbocycles. The van der Waals surface area contributed by atoms with Crippen LogP contribution in [0.4, 0.5) is 0 Å². The van der Waals surface area contributed by atoms with Crippen molar-refractivity contribution in [2.24, 2.45) is 0 Å². The minimum Gasteiger partial charge on any atom is -0.344 e. The van der Waals surface area contributed by atoms with Crippen molar-refractivity contribution in [1.29, 1.82) is 0 Å². The van der Waals surface area contributed by atoms with Crippen LogP contribution in [-0.4, -0.2) is 0 Å². The average Bonchev–Trinajstić information content (AvgIpc) is 1.46. The maximum Gasteiger partial charge on any atom is -0.0533 e. The van der Waals surface area contributed by atoms with Crippen molar-refractivity contribution in [3.8, 4) is 0 Å². The van der Waals surface area contributed by atoms with Crippen LogP contribution in [0, 0.1) is 0 Å². The summed E-state index contributed by atoms with van der Waals surface area (Å²) < 4.78 is 0. The van der Waals surface area contributed by atoms with Gasteiger partial charge in [0.1, 0.15) is 0 Å². The van der Waals surface area contributed by atoms with Crippen LogP contribution in [-0.2, 0) is 0 Å². The first-order valence-corrected chi connectivity index (χ1v) is 1.50. The van der Waals surface area contributed by atoms with Gasteiger partial charge in [-0.25, -0.2) is 0 Å². The number of hydrogen-bond acceptors (Lipinski definition) is 1. The number of halogens is 1. The second kappa shape index (κ2) is 4.25. The van der Waals surface area contributed by atoms with Gasteiger partial charge in [0.2, 0.25) is 0 Å². The van der Waals surface area contributed by atoms with Gasteiger partial charge in [-0.05, 0) is 0 Å². The van der Waals surface area contributed by atoms with Crippen LogP contribution in [0.1, 0.15) is 19.3 Å². The van der Waals surface area contributed by atoms with Crippen LogP contribution >= 0.6 is 12.4 Å². The highest BCUT2D eigenvalue weighted by molar-refractivity contribution is 5.85. The molecule has 0 aromatic rings. The molecule has 34 valence electrons. The van der Waals surface area contributed by atoms with Crippen molar-refractivity contribution >= 4 is 12.4 Å². The van der Waals surface area contributed by atoms with Crippen molar-refractivity contribution in [2.75, 3.05) is 0 Å². The molecule has 0 radical (unpaired) electrons. The Bertz CT molecular complexity index is 11.6. The van der Waals surface area contributed by atoms with Crippen LogP contribution in [0.5, 0.6) is 0 Å². The Morgan fingerprint density at radius 3 is 1.00 bits per heavy atom. The Morgan fingerprint density at radius 1 is 0.800 bits per heavy atom. The maximum absolute atomic E-state index is 1.50. The lowest BCUT2D eigenvalue weighted by Crippen LogP contribution is -0.856. The van der Waals surface area contributed by atoms with Crippen molar-refractivity contribution in [3.05, 3.63) is 0 Å². The highest BCUT2D eigenvalue weighted by atomic mass is 35.5. The van der Waals surface area contributed by atoms with E-state index in [4.69, 9.17) is 0 Å². The van der Waals surface area contributed by atoms with Crippen LogP contribution in [0.2, 0.25) is 0 Å². The summed E-state index contributed by atoms with van der Waals surface area (Å²) in [7, 11) is 0. The number of hydrogen-bond donors (Lipinski definition) is 1. The summed E-state index contributed by atoms with van der Waals surface area (Å²) >= 11 is 0. The van der Waals surface area contributed by atoms with Crippen LogP contribution in [0.25, 0.3) is 0 Å².